The maximum atomic E-state index is 6.82. The molecule has 10 rings (SSSR count). The van der Waals surface area contributed by atoms with Gasteiger partial charge in [-0.1, -0.05) is 133 Å². The predicted molar refractivity (Wildman–Crippen MR) is 192 cm³/mol. The molecule has 0 bridgehead atoms. The molecule has 0 saturated carbocycles. The van der Waals surface area contributed by atoms with E-state index in [-0.39, 0.29) is 0 Å². The van der Waals surface area contributed by atoms with Crippen molar-refractivity contribution >= 4 is 65.4 Å². The first-order valence-electron chi connectivity index (χ1n) is 15.7. The molecular formula is C44H26O2. The molecule has 2 nitrogen and oxygen atoms in total. The summed E-state index contributed by atoms with van der Waals surface area (Å²) >= 11 is 0. The van der Waals surface area contributed by atoms with Crippen molar-refractivity contribution in [1.29, 1.82) is 0 Å². The van der Waals surface area contributed by atoms with E-state index in [1.54, 1.807) is 0 Å². The second-order valence-electron chi connectivity index (χ2n) is 11.9. The largest absolute Gasteiger partial charge is 0.456 e. The van der Waals surface area contributed by atoms with E-state index in [1.165, 1.54) is 43.8 Å². The molecule has 0 aliphatic carbocycles. The zero-order chi connectivity index (χ0) is 30.2. The molecule has 0 spiro atoms. The van der Waals surface area contributed by atoms with Crippen molar-refractivity contribution in [2.45, 2.75) is 0 Å². The van der Waals surface area contributed by atoms with Crippen LogP contribution in [0.15, 0.2) is 167 Å². The Bertz CT molecular complexity index is 2740. The highest BCUT2D eigenvalue weighted by molar-refractivity contribution is 6.27. The number of furan rings is 2. The van der Waals surface area contributed by atoms with Crippen LogP contribution in [-0.4, -0.2) is 0 Å². The summed E-state index contributed by atoms with van der Waals surface area (Å²) in [6.07, 6.45) is 0. The molecule has 46 heavy (non-hydrogen) atoms. The Morgan fingerprint density at radius 1 is 0.283 bits per heavy atom. The van der Waals surface area contributed by atoms with Crippen molar-refractivity contribution in [3.05, 3.63) is 158 Å². The van der Waals surface area contributed by atoms with Gasteiger partial charge in [0, 0.05) is 27.1 Å². The maximum Gasteiger partial charge on any atom is 0.143 e. The first-order valence-corrected chi connectivity index (χ1v) is 15.7. The number of hydrogen-bond acceptors (Lipinski definition) is 2. The van der Waals surface area contributed by atoms with Gasteiger partial charge in [-0.05, 0) is 73.6 Å². The smallest absolute Gasteiger partial charge is 0.143 e. The minimum Gasteiger partial charge on any atom is -0.456 e. The van der Waals surface area contributed by atoms with Gasteiger partial charge in [0.1, 0.15) is 22.3 Å². The van der Waals surface area contributed by atoms with Gasteiger partial charge in [0.25, 0.3) is 0 Å². The van der Waals surface area contributed by atoms with Crippen molar-refractivity contribution in [3.8, 4) is 33.4 Å². The normalized spacial score (nSPS) is 11.9. The minimum absolute atomic E-state index is 0.875. The summed E-state index contributed by atoms with van der Waals surface area (Å²) in [5.41, 5.74) is 10.6. The summed E-state index contributed by atoms with van der Waals surface area (Å²) in [7, 11) is 0. The molecular weight excluding hydrogens is 560 g/mol. The molecule has 0 N–H and O–H groups in total. The summed E-state index contributed by atoms with van der Waals surface area (Å²) < 4.78 is 13.1. The lowest BCUT2D eigenvalue weighted by atomic mass is 9.84. The van der Waals surface area contributed by atoms with Gasteiger partial charge < -0.3 is 8.83 Å². The Hall–Kier alpha value is -6.12. The van der Waals surface area contributed by atoms with Gasteiger partial charge in [-0.3, -0.25) is 0 Å². The second-order valence-corrected chi connectivity index (χ2v) is 11.9. The highest BCUT2D eigenvalue weighted by atomic mass is 16.3. The van der Waals surface area contributed by atoms with E-state index in [9.17, 15) is 0 Å². The molecule has 2 heterocycles. The first-order chi connectivity index (χ1) is 22.8. The SMILES string of the molecule is c1ccc(-c2c3ccccc3c(-c3ccc(-c4cccc5oc6ccccc6c45)c4oc5ccccc5c34)c3ccccc23)cc1. The Kier molecular flexibility index (Phi) is 5.31. The number of para-hydroxylation sites is 2. The summed E-state index contributed by atoms with van der Waals surface area (Å²) in [5.74, 6) is 0. The Balaban J connectivity index is 1.36. The molecule has 0 atom stereocenters. The van der Waals surface area contributed by atoms with Gasteiger partial charge in [-0.25, -0.2) is 0 Å². The summed E-state index contributed by atoms with van der Waals surface area (Å²) in [4.78, 5) is 0. The summed E-state index contributed by atoms with van der Waals surface area (Å²) in [6.45, 7) is 0. The topological polar surface area (TPSA) is 26.3 Å². The monoisotopic (exact) mass is 586 g/mol. The van der Waals surface area contributed by atoms with Crippen LogP contribution in [0.3, 0.4) is 0 Å². The Morgan fingerprint density at radius 3 is 1.46 bits per heavy atom. The van der Waals surface area contributed by atoms with Crippen LogP contribution >= 0.6 is 0 Å². The Morgan fingerprint density at radius 2 is 0.783 bits per heavy atom. The first kappa shape index (κ1) is 25.2. The van der Waals surface area contributed by atoms with Gasteiger partial charge in [-0.15, -0.1) is 0 Å². The minimum atomic E-state index is 0.875. The van der Waals surface area contributed by atoms with Crippen LogP contribution in [0.2, 0.25) is 0 Å². The molecule has 0 radical (unpaired) electrons. The van der Waals surface area contributed by atoms with Gasteiger partial charge in [0.2, 0.25) is 0 Å². The molecule has 0 unspecified atom stereocenters. The zero-order valence-corrected chi connectivity index (χ0v) is 24.8. The van der Waals surface area contributed by atoms with E-state index in [2.05, 4.69) is 140 Å². The molecule has 0 aliphatic rings. The summed E-state index contributed by atoms with van der Waals surface area (Å²) in [6, 6.07) is 55.9. The van der Waals surface area contributed by atoms with E-state index in [0.717, 1.165) is 55.0 Å². The zero-order valence-electron chi connectivity index (χ0n) is 24.8. The van der Waals surface area contributed by atoms with Crippen molar-refractivity contribution in [3.63, 3.8) is 0 Å². The second kappa shape index (κ2) is 9.69. The number of hydrogen-bond donors (Lipinski definition) is 0. The predicted octanol–water partition coefficient (Wildman–Crippen LogP) is 12.8. The molecule has 214 valence electrons. The van der Waals surface area contributed by atoms with E-state index < -0.39 is 0 Å². The fraction of sp³-hybridized carbons (Fsp3) is 0. The van der Waals surface area contributed by atoms with E-state index in [1.807, 2.05) is 18.2 Å². The average Bonchev–Trinajstić information content (AvgIpc) is 3.70. The highest BCUT2D eigenvalue weighted by Crippen LogP contribution is 2.49. The number of rotatable bonds is 3. The van der Waals surface area contributed by atoms with Crippen molar-refractivity contribution in [2.24, 2.45) is 0 Å². The molecule has 0 fully saturated rings. The van der Waals surface area contributed by atoms with Crippen LogP contribution in [0.4, 0.5) is 0 Å². The Labute approximate surface area is 264 Å². The van der Waals surface area contributed by atoms with Crippen molar-refractivity contribution in [1.82, 2.24) is 0 Å². The fourth-order valence-electron chi connectivity index (χ4n) is 7.58. The van der Waals surface area contributed by atoms with Crippen LogP contribution in [0, 0.1) is 0 Å². The molecule has 2 aromatic heterocycles. The van der Waals surface area contributed by atoms with Crippen LogP contribution < -0.4 is 0 Å². The molecule has 2 heteroatoms. The van der Waals surface area contributed by atoms with Crippen molar-refractivity contribution in [2.75, 3.05) is 0 Å². The third-order valence-electron chi connectivity index (χ3n) is 9.48. The standard InChI is InChI=1S/C44H26O2/c1-2-13-27(14-3-1)40-28-15-4-6-17-30(28)41(31-18-7-5-16-29(31)40)36-26-25-33(44-43(36)35-20-9-11-23-38(35)46-44)32-21-12-24-39-42(32)34-19-8-10-22-37(34)45-39/h1-26H. The summed E-state index contributed by atoms with van der Waals surface area (Å²) in [5, 5.41) is 9.37. The van der Waals surface area contributed by atoms with Gasteiger partial charge in [-0.2, -0.15) is 0 Å². The molecule has 0 saturated heterocycles. The van der Waals surface area contributed by atoms with Gasteiger partial charge in [0.15, 0.2) is 0 Å². The van der Waals surface area contributed by atoms with E-state index in [0.29, 0.717) is 0 Å². The van der Waals surface area contributed by atoms with Crippen LogP contribution in [0.5, 0.6) is 0 Å². The lowest BCUT2D eigenvalue weighted by Gasteiger charge is -2.18. The lowest BCUT2D eigenvalue weighted by Crippen LogP contribution is -1.92. The average molecular weight is 587 g/mol. The third kappa shape index (κ3) is 3.53. The van der Waals surface area contributed by atoms with Crippen LogP contribution in [-0.2, 0) is 0 Å². The number of benzene rings is 8. The van der Waals surface area contributed by atoms with Crippen molar-refractivity contribution < 1.29 is 8.83 Å². The molecule has 0 aliphatic heterocycles. The van der Waals surface area contributed by atoms with Gasteiger partial charge >= 0.3 is 0 Å². The number of fused-ring (bicyclic) bond motifs is 8. The lowest BCUT2D eigenvalue weighted by molar-refractivity contribution is 0.668. The van der Waals surface area contributed by atoms with E-state index >= 15 is 0 Å². The van der Waals surface area contributed by atoms with Crippen LogP contribution in [0.25, 0.3) is 98.8 Å². The molecule has 0 amide bonds. The van der Waals surface area contributed by atoms with Gasteiger partial charge in [0.05, 0.1) is 0 Å². The highest BCUT2D eigenvalue weighted by Gasteiger charge is 2.23. The quantitative estimate of drug-likeness (QED) is 0.193. The maximum absolute atomic E-state index is 6.82. The fourth-order valence-corrected chi connectivity index (χ4v) is 7.58. The van der Waals surface area contributed by atoms with E-state index in [4.69, 9.17) is 8.83 Å². The molecule has 8 aromatic carbocycles. The third-order valence-corrected chi connectivity index (χ3v) is 9.48. The van der Waals surface area contributed by atoms with Crippen LogP contribution in [0.1, 0.15) is 0 Å². The molecule has 10 aromatic rings.